The predicted octanol–water partition coefficient (Wildman–Crippen LogP) is 5.19. The Kier molecular flexibility index (Phi) is 7.00. The van der Waals surface area contributed by atoms with Crippen molar-refractivity contribution < 1.29 is 13.3 Å². The van der Waals surface area contributed by atoms with Gasteiger partial charge in [-0.15, -0.1) is 0 Å². The first-order valence-corrected chi connectivity index (χ1v) is 11.0. The summed E-state index contributed by atoms with van der Waals surface area (Å²) in [5.41, 5.74) is 0.267. The molecule has 110 valence electrons. The Morgan fingerprint density at radius 2 is 1.11 bits per heavy atom. The first-order chi connectivity index (χ1) is 7.79. The van der Waals surface area contributed by atoms with Gasteiger partial charge < -0.3 is 13.3 Å². The molecule has 0 aromatic rings. The Hall–Kier alpha value is 0.527. The fourth-order valence-corrected chi connectivity index (χ4v) is 4.08. The molecule has 0 bridgehead atoms. The van der Waals surface area contributed by atoms with E-state index in [9.17, 15) is 0 Å². The number of hydrogen-bond acceptors (Lipinski definition) is 3. The van der Waals surface area contributed by atoms with Crippen LogP contribution >= 0.6 is 8.60 Å². The molecule has 0 rings (SSSR count). The van der Waals surface area contributed by atoms with Gasteiger partial charge in [-0.3, -0.25) is 0 Å². The van der Waals surface area contributed by atoms with Crippen LogP contribution in [0.2, 0.25) is 19.6 Å². The van der Waals surface area contributed by atoms with Crippen LogP contribution in [0.25, 0.3) is 0 Å². The Bertz CT molecular complexity index is 220. The minimum absolute atomic E-state index is 0.133. The van der Waals surface area contributed by atoms with Gasteiger partial charge in [0.25, 0.3) is 0 Å². The summed E-state index contributed by atoms with van der Waals surface area (Å²) in [4.78, 5) is 0. The topological polar surface area (TPSA) is 27.7 Å². The Morgan fingerprint density at radius 3 is 1.33 bits per heavy atom. The van der Waals surface area contributed by atoms with Crippen molar-refractivity contribution in [3.63, 3.8) is 0 Å². The Balaban J connectivity index is 4.35. The molecular weight excluding hydrogens is 263 g/mol. The van der Waals surface area contributed by atoms with E-state index in [1.807, 2.05) is 0 Å². The molecule has 0 aromatic heterocycles. The lowest BCUT2D eigenvalue weighted by molar-refractivity contribution is 0.123. The molecule has 18 heavy (non-hydrogen) atoms. The first-order valence-electron chi connectivity index (χ1n) is 6.54. The van der Waals surface area contributed by atoms with Gasteiger partial charge >= 0.3 is 8.60 Å². The second-order valence-electron chi connectivity index (χ2n) is 8.10. The van der Waals surface area contributed by atoms with Crippen LogP contribution < -0.4 is 0 Å². The van der Waals surface area contributed by atoms with E-state index < -0.39 is 16.9 Å². The van der Waals surface area contributed by atoms with Crippen LogP contribution in [0.1, 0.15) is 41.5 Å². The molecule has 0 aliphatic rings. The zero-order valence-electron chi connectivity index (χ0n) is 13.6. The van der Waals surface area contributed by atoms with Crippen molar-refractivity contribution in [2.45, 2.75) is 61.2 Å². The standard InChI is InChI=1S/C13H31O3PSi/c1-12(2,3)10-14-17(16-18(7,8)9)15-11-13(4,5)6/h10-11H2,1-9H3. The maximum Gasteiger partial charge on any atom is 0.321 e. The van der Waals surface area contributed by atoms with Gasteiger partial charge in [-0.05, 0) is 30.5 Å². The molecule has 0 heterocycles. The molecule has 0 fully saturated rings. The highest BCUT2D eigenvalue weighted by molar-refractivity contribution is 7.43. The number of rotatable bonds is 6. The maximum absolute atomic E-state index is 5.99. The molecule has 0 atom stereocenters. The molecule has 0 spiro atoms. The average Bonchev–Trinajstić information content (AvgIpc) is 2.05. The van der Waals surface area contributed by atoms with Gasteiger partial charge in [-0.1, -0.05) is 41.5 Å². The van der Waals surface area contributed by atoms with Gasteiger partial charge in [-0.25, -0.2) is 0 Å². The van der Waals surface area contributed by atoms with Crippen LogP contribution in [0.5, 0.6) is 0 Å². The minimum Gasteiger partial charge on any atom is -0.355 e. The van der Waals surface area contributed by atoms with Gasteiger partial charge in [-0.2, -0.15) is 0 Å². The molecule has 0 N–H and O–H groups in total. The second kappa shape index (κ2) is 6.80. The molecule has 0 aromatic carbocycles. The third-order valence-corrected chi connectivity index (χ3v) is 5.02. The SMILES string of the molecule is CC(C)(C)COP(OCC(C)(C)C)O[Si](C)(C)C. The quantitative estimate of drug-likeness (QED) is 0.498. The average molecular weight is 294 g/mol. The first kappa shape index (κ1) is 18.5. The number of hydrogen-bond donors (Lipinski definition) is 0. The molecule has 0 aliphatic carbocycles. The molecular formula is C13H31O3PSi. The molecule has 3 nitrogen and oxygen atoms in total. The highest BCUT2D eigenvalue weighted by Crippen LogP contribution is 2.45. The van der Waals surface area contributed by atoms with E-state index in [-0.39, 0.29) is 10.8 Å². The molecule has 0 aliphatic heterocycles. The van der Waals surface area contributed by atoms with E-state index >= 15 is 0 Å². The Morgan fingerprint density at radius 1 is 0.778 bits per heavy atom. The summed E-state index contributed by atoms with van der Waals surface area (Å²) in [7, 11) is -2.85. The highest BCUT2D eigenvalue weighted by atomic mass is 31.2. The molecule has 0 radical (unpaired) electrons. The lowest BCUT2D eigenvalue weighted by atomic mass is 9.99. The van der Waals surface area contributed by atoms with Crippen LogP contribution in [-0.4, -0.2) is 21.5 Å². The maximum atomic E-state index is 5.99. The van der Waals surface area contributed by atoms with Gasteiger partial charge in [0, 0.05) is 0 Å². The van der Waals surface area contributed by atoms with Gasteiger partial charge in [0.1, 0.15) is 0 Å². The minimum atomic E-state index is -1.63. The summed E-state index contributed by atoms with van der Waals surface area (Å²) in [5.74, 6) is 0. The summed E-state index contributed by atoms with van der Waals surface area (Å²) in [6, 6.07) is 0. The van der Waals surface area contributed by atoms with Gasteiger partial charge in [0.2, 0.25) is 0 Å². The lowest BCUT2D eigenvalue weighted by Gasteiger charge is -2.29. The van der Waals surface area contributed by atoms with Gasteiger partial charge in [0.15, 0.2) is 8.32 Å². The van der Waals surface area contributed by atoms with Gasteiger partial charge in [0.05, 0.1) is 13.2 Å². The predicted molar refractivity (Wildman–Crippen MR) is 82.2 cm³/mol. The van der Waals surface area contributed by atoms with E-state index in [1.54, 1.807) is 0 Å². The Labute approximate surface area is 116 Å². The van der Waals surface area contributed by atoms with Crippen LogP contribution in [0, 0.1) is 10.8 Å². The third-order valence-electron chi connectivity index (χ3n) is 1.55. The van der Waals surface area contributed by atoms with Crippen molar-refractivity contribution >= 4 is 16.9 Å². The van der Waals surface area contributed by atoms with Crippen molar-refractivity contribution in [2.75, 3.05) is 13.2 Å². The van der Waals surface area contributed by atoms with Crippen LogP contribution in [0.15, 0.2) is 0 Å². The molecule has 0 saturated carbocycles. The summed E-state index contributed by atoms with van der Waals surface area (Å²) in [5, 5.41) is 0. The normalized spacial score (nSPS) is 14.3. The van der Waals surface area contributed by atoms with E-state index in [1.165, 1.54) is 0 Å². The molecule has 0 unspecified atom stereocenters. The molecule has 5 heteroatoms. The van der Waals surface area contributed by atoms with Crippen LogP contribution in [0.3, 0.4) is 0 Å². The van der Waals surface area contributed by atoms with E-state index in [2.05, 4.69) is 61.2 Å². The fourth-order valence-electron chi connectivity index (χ4n) is 0.806. The van der Waals surface area contributed by atoms with Crippen molar-refractivity contribution in [3.05, 3.63) is 0 Å². The lowest BCUT2D eigenvalue weighted by Crippen LogP contribution is -2.25. The summed E-state index contributed by atoms with van der Waals surface area (Å²) >= 11 is 0. The zero-order valence-corrected chi connectivity index (χ0v) is 15.5. The zero-order chi connectivity index (χ0) is 14.6. The summed E-state index contributed by atoms with van der Waals surface area (Å²) < 4.78 is 17.7. The highest BCUT2D eigenvalue weighted by Gasteiger charge is 2.27. The third kappa shape index (κ3) is 13.0. The molecule has 0 amide bonds. The van der Waals surface area contributed by atoms with Crippen LogP contribution in [-0.2, 0) is 13.3 Å². The van der Waals surface area contributed by atoms with E-state index in [0.29, 0.717) is 13.2 Å². The summed E-state index contributed by atoms with van der Waals surface area (Å²) in [6.07, 6.45) is 0. The van der Waals surface area contributed by atoms with Crippen molar-refractivity contribution in [1.29, 1.82) is 0 Å². The summed E-state index contributed by atoms with van der Waals surface area (Å²) in [6.45, 7) is 20.7. The van der Waals surface area contributed by atoms with Crippen LogP contribution in [0.4, 0.5) is 0 Å². The second-order valence-corrected chi connectivity index (χ2v) is 14.0. The van der Waals surface area contributed by atoms with Crippen molar-refractivity contribution in [3.8, 4) is 0 Å². The largest absolute Gasteiger partial charge is 0.355 e. The fraction of sp³-hybridized carbons (Fsp3) is 1.00. The van der Waals surface area contributed by atoms with Crippen molar-refractivity contribution in [1.82, 2.24) is 0 Å². The van der Waals surface area contributed by atoms with E-state index in [0.717, 1.165) is 0 Å². The smallest absolute Gasteiger partial charge is 0.321 e. The monoisotopic (exact) mass is 294 g/mol. The van der Waals surface area contributed by atoms with Crippen molar-refractivity contribution in [2.24, 2.45) is 10.8 Å². The molecule has 0 saturated heterocycles. The van der Waals surface area contributed by atoms with E-state index in [4.69, 9.17) is 13.3 Å².